The fraction of sp³-hybridized carbons (Fsp3) is 0.562. The second-order valence-corrected chi connectivity index (χ2v) is 5.90. The first-order valence-corrected chi connectivity index (χ1v) is 7.13. The van der Waals surface area contributed by atoms with E-state index in [2.05, 4.69) is 36.1 Å². The molecule has 0 aromatic heterocycles. The fourth-order valence-corrected chi connectivity index (χ4v) is 3.21. The van der Waals surface area contributed by atoms with Crippen LogP contribution in [-0.2, 0) is 16.0 Å². The van der Waals surface area contributed by atoms with E-state index in [0.717, 1.165) is 25.8 Å². The summed E-state index contributed by atoms with van der Waals surface area (Å²) < 4.78 is 5.04. The zero-order chi connectivity index (χ0) is 13.4. The second kappa shape index (κ2) is 4.87. The van der Waals surface area contributed by atoms with Gasteiger partial charge in [-0.05, 0) is 42.7 Å². The average Bonchev–Trinajstić information content (AvgIpc) is 3.23. The van der Waals surface area contributed by atoms with Gasteiger partial charge in [-0.15, -0.1) is 0 Å². The van der Waals surface area contributed by atoms with Gasteiger partial charge in [-0.25, -0.2) is 4.79 Å². The summed E-state index contributed by atoms with van der Waals surface area (Å²) in [6, 6.07) is 8.37. The summed E-state index contributed by atoms with van der Waals surface area (Å²) in [6.07, 6.45) is 3.39. The molecule has 1 aliphatic carbocycles. The van der Waals surface area contributed by atoms with Crippen LogP contribution in [0.15, 0.2) is 24.3 Å². The first kappa shape index (κ1) is 12.5. The molecule has 2 unspecified atom stereocenters. The fourth-order valence-electron chi connectivity index (χ4n) is 3.21. The number of nitrogens with zero attached hydrogens (tertiary/aromatic N) is 1. The molecule has 102 valence electrons. The Labute approximate surface area is 114 Å². The number of carbonyl (C=O) groups is 1. The Morgan fingerprint density at radius 2 is 2.11 bits per heavy atom. The summed E-state index contributed by atoms with van der Waals surface area (Å²) in [5, 5.41) is 0. The number of hydrogen-bond acceptors (Lipinski definition) is 3. The number of para-hydroxylation sites is 1. The molecule has 2 aliphatic rings. The van der Waals surface area contributed by atoms with Crippen molar-refractivity contribution in [2.24, 2.45) is 11.8 Å². The predicted molar refractivity (Wildman–Crippen MR) is 75.2 cm³/mol. The van der Waals surface area contributed by atoms with Crippen molar-refractivity contribution >= 4 is 11.7 Å². The van der Waals surface area contributed by atoms with Crippen LogP contribution in [0.25, 0.3) is 0 Å². The summed E-state index contributed by atoms with van der Waals surface area (Å²) in [5.74, 6) is 0.984. The molecule has 3 nitrogen and oxygen atoms in total. The van der Waals surface area contributed by atoms with E-state index in [-0.39, 0.29) is 12.0 Å². The van der Waals surface area contributed by atoms with Gasteiger partial charge in [-0.1, -0.05) is 25.1 Å². The smallest absolute Gasteiger partial charge is 0.328 e. The minimum absolute atomic E-state index is 0.0774. The number of benzene rings is 1. The standard InChI is InChI=1S/C16H21NO2/c1-11-9-13-5-3-4-6-14(13)17(10-11)15(12-7-8-12)16(18)19-2/h3-6,11-12,15H,7-10H2,1-2H3. The van der Waals surface area contributed by atoms with Crippen molar-refractivity contribution in [1.29, 1.82) is 0 Å². The maximum Gasteiger partial charge on any atom is 0.328 e. The molecular weight excluding hydrogens is 238 g/mol. The number of esters is 1. The lowest BCUT2D eigenvalue weighted by molar-refractivity contribution is -0.142. The third-order valence-corrected chi connectivity index (χ3v) is 4.22. The van der Waals surface area contributed by atoms with Crippen LogP contribution in [0.1, 0.15) is 25.3 Å². The van der Waals surface area contributed by atoms with Gasteiger partial charge < -0.3 is 9.64 Å². The van der Waals surface area contributed by atoms with E-state index in [1.54, 1.807) is 0 Å². The van der Waals surface area contributed by atoms with Gasteiger partial charge in [-0.3, -0.25) is 0 Å². The highest BCUT2D eigenvalue weighted by atomic mass is 16.5. The van der Waals surface area contributed by atoms with Crippen molar-refractivity contribution in [2.45, 2.75) is 32.2 Å². The SMILES string of the molecule is COC(=O)C(C1CC1)N1CC(C)Cc2ccccc21. The molecule has 1 saturated carbocycles. The van der Waals surface area contributed by atoms with Crippen LogP contribution in [0.2, 0.25) is 0 Å². The lowest BCUT2D eigenvalue weighted by Crippen LogP contribution is -2.48. The number of ether oxygens (including phenoxy) is 1. The Morgan fingerprint density at radius 1 is 1.37 bits per heavy atom. The van der Waals surface area contributed by atoms with E-state index in [1.807, 2.05) is 0 Å². The summed E-state index contributed by atoms with van der Waals surface area (Å²) in [6.45, 7) is 3.21. The van der Waals surface area contributed by atoms with Gasteiger partial charge >= 0.3 is 5.97 Å². The van der Waals surface area contributed by atoms with Gasteiger partial charge in [0, 0.05) is 12.2 Å². The zero-order valence-corrected chi connectivity index (χ0v) is 11.6. The molecular formula is C16H21NO2. The van der Waals surface area contributed by atoms with Crippen molar-refractivity contribution in [3.63, 3.8) is 0 Å². The molecule has 1 aliphatic heterocycles. The Morgan fingerprint density at radius 3 is 2.79 bits per heavy atom. The van der Waals surface area contributed by atoms with Gasteiger partial charge in [-0.2, -0.15) is 0 Å². The monoisotopic (exact) mass is 259 g/mol. The summed E-state index contributed by atoms with van der Waals surface area (Å²) in [7, 11) is 1.50. The lowest BCUT2D eigenvalue weighted by atomic mass is 9.92. The number of methoxy groups -OCH3 is 1. The van der Waals surface area contributed by atoms with Gasteiger partial charge in [0.05, 0.1) is 7.11 Å². The number of rotatable bonds is 3. The highest BCUT2D eigenvalue weighted by Gasteiger charge is 2.42. The van der Waals surface area contributed by atoms with Crippen LogP contribution in [-0.4, -0.2) is 25.7 Å². The average molecular weight is 259 g/mol. The molecule has 0 N–H and O–H groups in total. The van der Waals surface area contributed by atoms with E-state index >= 15 is 0 Å². The van der Waals surface area contributed by atoms with Crippen LogP contribution in [0, 0.1) is 11.8 Å². The molecule has 0 bridgehead atoms. The van der Waals surface area contributed by atoms with Gasteiger partial charge in [0.15, 0.2) is 0 Å². The first-order valence-electron chi connectivity index (χ1n) is 7.13. The molecule has 1 aromatic rings. The Balaban J connectivity index is 1.96. The topological polar surface area (TPSA) is 29.5 Å². The molecule has 19 heavy (non-hydrogen) atoms. The lowest BCUT2D eigenvalue weighted by Gasteiger charge is -2.39. The molecule has 0 amide bonds. The van der Waals surface area contributed by atoms with Gasteiger partial charge in [0.25, 0.3) is 0 Å². The van der Waals surface area contributed by atoms with Gasteiger partial charge in [0.1, 0.15) is 6.04 Å². The zero-order valence-electron chi connectivity index (χ0n) is 11.6. The maximum atomic E-state index is 12.1. The van der Waals surface area contributed by atoms with E-state index in [9.17, 15) is 4.79 Å². The number of anilines is 1. The first-order chi connectivity index (χ1) is 9.20. The predicted octanol–water partition coefficient (Wildman–Crippen LogP) is 2.64. The molecule has 3 rings (SSSR count). The van der Waals surface area contributed by atoms with E-state index in [1.165, 1.54) is 18.4 Å². The van der Waals surface area contributed by atoms with Crippen molar-refractivity contribution < 1.29 is 9.53 Å². The van der Waals surface area contributed by atoms with Gasteiger partial charge in [0.2, 0.25) is 0 Å². The number of carbonyl (C=O) groups excluding carboxylic acids is 1. The Kier molecular flexibility index (Phi) is 3.21. The minimum Gasteiger partial charge on any atom is -0.467 e. The van der Waals surface area contributed by atoms with Crippen molar-refractivity contribution in [2.75, 3.05) is 18.6 Å². The number of fused-ring (bicyclic) bond motifs is 1. The van der Waals surface area contributed by atoms with E-state index in [4.69, 9.17) is 4.74 Å². The van der Waals surface area contributed by atoms with E-state index in [0.29, 0.717) is 11.8 Å². The molecule has 2 atom stereocenters. The molecule has 1 fully saturated rings. The highest BCUT2D eigenvalue weighted by Crippen LogP contribution is 2.40. The molecule has 0 spiro atoms. The molecule has 3 heteroatoms. The van der Waals surface area contributed by atoms with Crippen LogP contribution in [0.3, 0.4) is 0 Å². The summed E-state index contributed by atoms with van der Waals surface area (Å²) >= 11 is 0. The number of hydrogen-bond donors (Lipinski definition) is 0. The maximum absolute atomic E-state index is 12.1. The van der Waals surface area contributed by atoms with Crippen LogP contribution < -0.4 is 4.90 Å². The quantitative estimate of drug-likeness (QED) is 0.782. The Bertz CT molecular complexity index is 481. The second-order valence-electron chi connectivity index (χ2n) is 5.90. The largest absolute Gasteiger partial charge is 0.467 e. The van der Waals surface area contributed by atoms with Crippen LogP contribution >= 0.6 is 0 Å². The third-order valence-electron chi connectivity index (χ3n) is 4.22. The Hall–Kier alpha value is -1.51. The highest BCUT2D eigenvalue weighted by molar-refractivity contribution is 5.81. The molecule has 0 saturated heterocycles. The van der Waals surface area contributed by atoms with Crippen molar-refractivity contribution in [3.05, 3.63) is 29.8 Å². The summed E-state index contributed by atoms with van der Waals surface area (Å²) in [5.41, 5.74) is 2.58. The normalized spacial score (nSPS) is 23.7. The van der Waals surface area contributed by atoms with Crippen LogP contribution in [0.5, 0.6) is 0 Å². The molecule has 0 radical (unpaired) electrons. The van der Waals surface area contributed by atoms with E-state index < -0.39 is 0 Å². The summed E-state index contributed by atoms with van der Waals surface area (Å²) in [4.78, 5) is 14.4. The minimum atomic E-state index is -0.0890. The van der Waals surface area contributed by atoms with Crippen LogP contribution in [0.4, 0.5) is 5.69 Å². The molecule has 1 heterocycles. The third kappa shape index (κ3) is 2.34. The molecule has 1 aromatic carbocycles. The van der Waals surface area contributed by atoms with Crippen molar-refractivity contribution in [3.8, 4) is 0 Å². The van der Waals surface area contributed by atoms with Crippen molar-refractivity contribution in [1.82, 2.24) is 0 Å².